The Balaban J connectivity index is 1.53. The van der Waals surface area contributed by atoms with Gasteiger partial charge in [-0.15, -0.1) is 0 Å². The third kappa shape index (κ3) is 4.38. The van der Waals surface area contributed by atoms with Crippen molar-refractivity contribution >= 4 is 22.8 Å². The molecule has 2 aromatic heterocycles. The second-order valence-corrected chi connectivity index (χ2v) is 9.02. The zero-order chi connectivity index (χ0) is 22.0. The fourth-order valence-electron chi connectivity index (χ4n) is 4.96. The van der Waals surface area contributed by atoms with E-state index in [0.29, 0.717) is 17.8 Å². The fourth-order valence-corrected chi connectivity index (χ4v) is 4.96. The standard InChI is InChI=1S/C24H27N5O2/c1-17-7-9-26-13-22(17)29(23(30)31)14-19-4-3-8-24(2,11-19)15-28-16-27-20-6-5-18(12-25)10-21(20)28/h5-7,9-10,13,16,19H,3-4,8,11,14-15H2,1-2H3,(H,30,31). The van der Waals surface area contributed by atoms with E-state index in [2.05, 4.69) is 27.5 Å². The Morgan fingerprint density at radius 2 is 2.26 bits per heavy atom. The number of carbonyl (C=O) groups is 1. The van der Waals surface area contributed by atoms with E-state index in [1.54, 1.807) is 18.5 Å². The molecule has 1 amide bonds. The van der Waals surface area contributed by atoms with Gasteiger partial charge < -0.3 is 9.67 Å². The lowest BCUT2D eigenvalue weighted by atomic mass is 9.70. The SMILES string of the molecule is Cc1ccncc1N(CC1CCCC(C)(Cn2cnc3ccc(C#N)cc32)C1)C(=O)O. The first kappa shape index (κ1) is 20.9. The summed E-state index contributed by atoms with van der Waals surface area (Å²) >= 11 is 0. The number of imidazole rings is 1. The second-order valence-electron chi connectivity index (χ2n) is 9.02. The normalized spacial score (nSPS) is 21.0. The van der Waals surface area contributed by atoms with Gasteiger partial charge in [-0.2, -0.15) is 5.26 Å². The lowest BCUT2D eigenvalue weighted by Crippen LogP contribution is -2.39. The van der Waals surface area contributed by atoms with Crippen molar-refractivity contribution in [3.05, 3.63) is 54.1 Å². The molecule has 4 rings (SSSR count). The number of fused-ring (bicyclic) bond motifs is 1. The van der Waals surface area contributed by atoms with E-state index < -0.39 is 6.09 Å². The molecule has 1 saturated carbocycles. The first-order valence-corrected chi connectivity index (χ1v) is 10.6. The Kier molecular flexibility index (Phi) is 5.64. The van der Waals surface area contributed by atoms with Crippen LogP contribution in [0.4, 0.5) is 10.5 Å². The molecule has 2 atom stereocenters. The lowest BCUT2D eigenvalue weighted by Gasteiger charge is -2.40. The van der Waals surface area contributed by atoms with Crippen LogP contribution in [0.3, 0.4) is 0 Å². The minimum absolute atomic E-state index is 0.0351. The smallest absolute Gasteiger partial charge is 0.411 e. The van der Waals surface area contributed by atoms with Crippen LogP contribution in [0.2, 0.25) is 0 Å². The number of aromatic nitrogens is 3. The van der Waals surface area contributed by atoms with Crippen molar-refractivity contribution < 1.29 is 9.90 Å². The summed E-state index contributed by atoms with van der Waals surface area (Å²) in [6.45, 7) is 5.46. The largest absolute Gasteiger partial charge is 0.465 e. The summed E-state index contributed by atoms with van der Waals surface area (Å²) in [5, 5.41) is 19.1. The van der Waals surface area contributed by atoms with Crippen molar-refractivity contribution in [2.24, 2.45) is 11.3 Å². The number of carboxylic acid groups (broad SMARTS) is 1. The molecule has 1 fully saturated rings. The number of pyridine rings is 1. The number of benzene rings is 1. The predicted octanol–water partition coefficient (Wildman–Crippen LogP) is 4.99. The number of rotatable bonds is 5. The maximum absolute atomic E-state index is 12.0. The molecular formula is C24H27N5O2. The van der Waals surface area contributed by atoms with Crippen molar-refractivity contribution in [1.29, 1.82) is 5.26 Å². The van der Waals surface area contributed by atoms with Crippen LogP contribution in [0.15, 0.2) is 43.0 Å². The van der Waals surface area contributed by atoms with E-state index >= 15 is 0 Å². The quantitative estimate of drug-likeness (QED) is 0.631. The van der Waals surface area contributed by atoms with Gasteiger partial charge in [0.1, 0.15) is 0 Å². The van der Waals surface area contributed by atoms with Gasteiger partial charge in [0.15, 0.2) is 0 Å². The van der Waals surface area contributed by atoms with Crippen LogP contribution >= 0.6 is 0 Å². The summed E-state index contributed by atoms with van der Waals surface area (Å²) in [5.41, 5.74) is 4.10. The highest BCUT2D eigenvalue weighted by Crippen LogP contribution is 2.41. The minimum Gasteiger partial charge on any atom is -0.465 e. The molecule has 7 heteroatoms. The van der Waals surface area contributed by atoms with Gasteiger partial charge in [-0.3, -0.25) is 9.88 Å². The summed E-state index contributed by atoms with van der Waals surface area (Å²) < 4.78 is 2.14. The molecule has 1 aromatic carbocycles. The van der Waals surface area contributed by atoms with E-state index in [9.17, 15) is 15.2 Å². The van der Waals surface area contributed by atoms with E-state index in [4.69, 9.17) is 0 Å². The average molecular weight is 418 g/mol. The Labute approximate surface area is 182 Å². The molecule has 0 radical (unpaired) electrons. The summed E-state index contributed by atoms with van der Waals surface area (Å²) in [6, 6.07) is 9.61. The maximum Gasteiger partial charge on any atom is 0.411 e. The number of amides is 1. The van der Waals surface area contributed by atoms with E-state index in [0.717, 1.165) is 48.8 Å². The monoisotopic (exact) mass is 417 g/mol. The average Bonchev–Trinajstić information content (AvgIpc) is 3.14. The molecule has 0 bridgehead atoms. The summed E-state index contributed by atoms with van der Waals surface area (Å²) in [7, 11) is 0. The molecule has 1 aliphatic carbocycles. The maximum atomic E-state index is 12.0. The molecule has 2 unspecified atom stereocenters. The Bertz CT molecular complexity index is 1150. The summed E-state index contributed by atoms with van der Waals surface area (Å²) in [5.74, 6) is 0.277. The number of anilines is 1. The van der Waals surface area contributed by atoms with E-state index in [1.165, 1.54) is 4.90 Å². The second kappa shape index (κ2) is 8.38. The number of aryl methyl sites for hydroxylation is 1. The third-order valence-electron chi connectivity index (χ3n) is 6.45. The zero-order valence-corrected chi connectivity index (χ0v) is 18.0. The van der Waals surface area contributed by atoms with Crippen LogP contribution in [0, 0.1) is 29.6 Å². The highest BCUT2D eigenvalue weighted by atomic mass is 16.4. The molecular weight excluding hydrogens is 390 g/mol. The van der Waals surface area contributed by atoms with Gasteiger partial charge in [0.25, 0.3) is 0 Å². The van der Waals surface area contributed by atoms with Gasteiger partial charge in [0, 0.05) is 19.3 Å². The van der Waals surface area contributed by atoms with Crippen LogP contribution in [0.25, 0.3) is 11.0 Å². The molecule has 3 aromatic rings. The van der Waals surface area contributed by atoms with Gasteiger partial charge >= 0.3 is 6.09 Å². The van der Waals surface area contributed by atoms with Crippen LogP contribution in [0.1, 0.15) is 43.7 Å². The molecule has 31 heavy (non-hydrogen) atoms. The molecule has 0 saturated heterocycles. The number of nitriles is 1. The van der Waals surface area contributed by atoms with Crippen LogP contribution in [-0.4, -0.2) is 32.3 Å². The molecule has 1 aliphatic rings. The van der Waals surface area contributed by atoms with Gasteiger partial charge in [0.2, 0.25) is 0 Å². The van der Waals surface area contributed by atoms with Crippen molar-refractivity contribution in [2.45, 2.75) is 46.1 Å². The highest BCUT2D eigenvalue weighted by Gasteiger charge is 2.35. The predicted molar refractivity (Wildman–Crippen MR) is 119 cm³/mol. The van der Waals surface area contributed by atoms with Crippen LogP contribution < -0.4 is 4.90 Å². The molecule has 2 heterocycles. The van der Waals surface area contributed by atoms with Gasteiger partial charge in [-0.25, -0.2) is 9.78 Å². The zero-order valence-electron chi connectivity index (χ0n) is 18.0. The fraction of sp³-hybridized carbons (Fsp3) is 0.417. The Hall–Kier alpha value is -3.40. The van der Waals surface area contributed by atoms with E-state index in [1.807, 2.05) is 31.5 Å². The molecule has 1 N–H and O–H groups in total. The van der Waals surface area contributed by atoms with E-state index in [-0.39, 0.29) is 11.3 Å². The van der Waals surface area contributed by atoms with Crippen molar-refractivity contribution in [1.82, 2.24) is 14.5 Å². The first-order chi connectivity index (χ1) is 14.9. The van der Waals surface area contributed by atoms with Crippen LogP contribution in [-0.2, 0) is 6.54 Å². The topological polar surface area (TPSA) is 95.0 Å². The lowest BCUT2D eigenvalue weighted by molar-refractivity contribution is 0.136. The molecule has 0 spiro atoms. The number of nitrogens with zero attached hydrogens (tertiary/aromatic N) is 5. The van der Waals surface area contributed by atoms with Gasteiger partial charge in [-0.05, 0) is 67.3 Å². The van der Waals surface area contributed by atoms with Gasteiger partial charge in [0.05, 0.1) is 40.9 Å². The Morgan fingerprint density at radius 3 is 3.00 bits per heavy atom. The van der Waals surface area contributed by atoms with Crippen molar-refractivity contribution in [3.63, 3.8) is 0 Å². The van der Waals surface area contributed by atoms with Gasteiger partial charge in [-0.1, -0.05) is 13.3 Å². The van der Waals surface area contributed by atoms with Crippen molar-refractivity contribution in [3.8, 4) is 6.07 Å². The number of hydrogen-bond donors (Lipinski definition) is 1. The Morgan fingerprint density at radius 1 is 1.42 bits per heavy atom. The summed E-state index contributed by atoms with van der Waals surface area (Å²) in [6.07, 6.45) is 8.34. The molecule has 0 aliphatic heterocycles. The first-order valence-electron chi connectivity index (χ1n) is 10.6. The third-order valence-corrected chi connectivity index (χ3v) is 6.45. The number of hydrogen-bond acceptors (Lipinski definition) is 4. The van der Waals surface area contributed by atoms with Crippen LogP contribution in [0.5, 0.6) is 0 Å². The van der Waals surface area contributed by atoms with Crippen molar-refractivity contribution in [2.75, 3.05) is 11.4 Å². The summed E-state index contributed by atoms with van der Waals surface area (Å²) in [4.78, 5) is 22.1. The molecule has 7 nitrogen and oxygen atoms in total. The minimum atomic E-state index is -0.937. The molecule has 160 valence electrons. The highest BCUT2D eigenvalue weighted by molar-refractivity contribution is 5.86.